The summed E-state index contributed by atoms with van der Waals surface area (Å²) in [5.41, 5.74) is 0. The number of carbonyl (C=O) groups is 2. The highest BCUT2D eigenvalue weighted by molar-refractivity contribution is 5.76. The number of hydrogen-bond donors (Lipinski definition) is 2. The van der Waals surface area contributed by atoms with Crippen LogP contribution in [0, 0.1) is 5.92 Å². The van der Waals surface area contributed by atoms with Gasteiger partial charge < -0.3 is 24.8 Å². The Morgan fingerprint density at radius 3 is 2.62 bits per heavy atom. The predicted octanol–water partition coefficient (Wildman–Crippen LogP) is 1.97. The zero-order valence-corrected chi connectivity index (χ0v) is 14.0. The molecule has 1 aliphatic rings. The molecule has 0 saturated carbocycles. The fourth-order valence-corrected chi connectivity index (χ4v) is 2.63. The maximum absolute atomic E-state index is 12.2. The van der Waals surface area contributed by atoms with Crippen LogP contribution in [-0.2, 0) is 4.79 Å². The SMILES string of the molecule is COc1ccc(OC(C)CNC(=O)N2CCCC(C(=O)O)C2)cc1. The lowest BCUT2D eigenvalue weighted by atomic mass is 9.99. The fourth-order valence-electron chi connectivity index (χ4n) is 2.63. The number of aliphatic carboxylic acids is 1. The normalized spacial score (nSPS) is 18.6. The van der Waals surface area contributed by atoms with E-state index < -0.39 is 11.9 Å². The first-order valence-corrected chi connectivity index (χ1v) is 8.06. The summed E-state index contributed by atoms with van der Waals surface area (Å²) in [5.74, 6) is 0.129. The zero-order chi connectivity index (χ0) is 17.5. The number of ether oxygens (including phenoxy) is 2. The van der Waals surface area contributed by atoms with Gasteiger partial charge in [-0.3, -0.25) is 4.79 Å². The van der Waals surface area contributed by atoms with Gasteiger partial charge in [0, 0.05) is 13.1 Å². The summed E-state index contributed by atoms with van der Waals surface area (Å²) in [4.78, 5) is 24.8. The molecule has 1 aromatic rings. The number of piperidine rings is 1. The molecular weight excluding hydrogens is 312 g/mol. The number of urea groups is 1. The molecule has 0 spiro atoms. The van der Waals surface area contributed by atoms with Gasteiger partial charge in [-0.1, -0.05) is 0 Å². The van der Waals surface area contributed by atoms with Gasteiger partial charge in [-0.25, -0.2) is 4.79 Å². The van der Waals surface area contributed by atoms with E-state index in [4.69, 9.17) is 14.6 Å². The second kappa shape index (κ2) is 8.42. The Hall–Kier alpha value is -2.44. The minimum atomic E-state index is -0.844. The van der Waals surface area contributed by atoms with Crippen molar-refractivity contribution in [1.82, 2.24) is 10.2 Å². The molecule has 1 aliphatic heterocycles. The summed E-state index contributed by atoms with van der Waals surface area (Å²) in [6.07, 6.45) is 1.13. The molecule has 0 aromatic heterocycles. The monoisotopic (exact) mass is 336 g/mol. The van der Waals surface area contributed by atoms with Crippen LogP contribution in [0.2, 0.25) is 0 Å². The number of likely N-dealkylation sites (tertiary alicyclic amines) is 1. The zero-order valence-electron chi connectivity index (χ0n) is 14.0. The van der Waals surface area contributed by atoms with Crippen molar-refractivity contribution in [1.29, 1.82) is 0 Å². The maximum Gasteiger partial charge on any atom is 0.317 e. The number of hydrogen-bond acceptors (Lipinski definition) is 4. The van der Waals surface area contributed by atoms with Gasteiger partial charge in [-0.15, -0.1) is 0 Å². The van der Waals surface area contributed by atoms with Crippen molar-refractivity contribution in [3.05, 3.63) is 24.3 Å². The number of methoxy groups -OCH3 is 1. The molecule has 24 heavy (non-hydrogen) atoms. The van der Waals surface area contributed by atoms with Crippen molar-refractivity contribution in [2.45, 2.75) is 25.9 Å². The molecule has 0 aliphatic carbocycles. The van der Waals surface area contributed by atoms with Gasteiger partial charge in [0.15, 0.2) is 0 Å². The predicted molar refractivity (Wildman–Crippen MR) is 88.4 cm³/mol. The molecule has 2 atom stereocenters. The van der Waals surface area contributed by atoms with Crippen LogP contribution in [0.3, 0.4) is 0 Å². The number of benzene rings is 1. The van der Waals surface area contributed by atoms with Gasteiger partial charge in [0.2, 0.25) is 0 Å². The first-order valence-electron chi connectivity index (χ1n) is 8.06. The molecule has 132 valence electrons. The van der Waals surface area contributed by atoms with Gasteiger partial charge in [-0.05, 0) is 44.0 Å². The molecule has 7 heteroatoms. The van der Waals surface area contributed by atoms with E-state index in [1.54, 1.807) is 36.3 Å². The molecular formula is C17H24N2O5. The van der Waals surface area contributed by atoms with Crippen molar-refractivity contribution in [2.24, 2.45) is 5.92 Å². The Kier molecular flexibility index (Phi) is 6.28. The van der Waals surface area contributed by atoms with E-state index in [1.807, 2.05) is 6.92 Å². The van der Waals surface area contributed by atoms with Crippen molar-refractivity contribution < 1.29 is 24.2 Å². The van der Waals surface area contributed by atoms with Crippen LogP contribution in [-0.4, -0.2) is 54.9 Å². The Labute approximate surface area is 141 Å². The summed E-state index contributed by atoms with van der Waals surface area (Å²) >= 11 is 0. The van der Waals surface area contributed by atoms with Crippen LogP contribution >= 0.6 is 0 Å². The van der Waals surface area contributed by atoms with Crippen molar-refractivity contribution in [2.75, 3.05) is 26.7 Å². The summed E-state index contributed by atoms with van der Waals surface area (Å²) in [6, 6.07) is 6.98. The smallest absolute Gasteiger partial charge is 0.317 e. The summed E-state index contributed by atoms with van der Waals surface area (Å²) in [6.45, 7) is 3.05. The van der Waals surface area contributed by atoms with Crippen molar-refractivity contribution in [3.63, 3.8) is 0 Å². The van der Waals surface area contributed by atoms with Crippen molar-refractivity contribution in [3.8, 4) is 11.5 Å². The van der Waals surface area contributed by atoms with Crippen LogP contribution in [0.25, 0.3) is 0 Å². The second-order valence-corrected chi connectivity index (χ2v) is 5.91. The Morgan fingerprint density at radius 2 is 2.00 bits per heavy atom. The molecule has 1 fully saturated rings. The Morgan fingerprint density at radius 1 is 1.33 bits per heavy atom. The highest BCUT2D eigenvalue weighted by atomic mass is 16.5. The molecule has 1 saturated heterocycles. The average molecular weight is 336 g/mol. The maximum atomic E-state index is 12.2. The summed E-state index contributed by atoms with van der Waals surface area (Å²) in [5, 5.41) is 11.9. The molecule has 1 aromatic carbocycles. The van der Waals surface area contributed by atoms with E-state index in [9.17, 15) is 9.59 Å². The van der Waals surface area contributed by atoms with Crippen LogP contribution in [0.4, 0.5) is 4.79 Å². The fraction of sp³-hybridized carbons (Fsp3) is 0.529. The third kappa shape index (κ3) is 5.04. The standard InChI is InChI=1S/C17H24N2O5/c1-12(24-15-7-5-14(23-2)6-8-15)10-18-17(22)19-9-3-4-13(11-19)16(20)21/h5-8,12-13H,3-4,9-11H2,1-2H3,(H,18,22)(H,20,21). The lowest BCUT2D eigenvalue weighted by Gasteiger charge is -2.31. The third-order valence-electron chi connectivity index (χ3n) is 4.00. The number of amides is 2. The number of nitrogens with zero attached hydrogens (tertiary/aromatic N) is 1. The summed E-state index contributed by atoms with van der Waals surface area (Å²) in [7, 11) is 1.60. The van der Waals surface area contributed by atoms with Crippen LogP contribution < -0.4 is 14.8 Å². The highest BCUT2D eigenvalue weighted by Crippen LogP contribution is 2.18. The van der Waals surface area contributed by atoms with Gasteiger partial charge in [-0.2, -0.15) is 0 Å². The average Bonchev–Trinajstić information content (AvgIpc) is 2.60. The largest absolute Gasteiger partial charge is 0.497 e. The molecule has 0 radical (unpaired) electrons. The Bertz CT molecular complexity index is 561. The van der Waals surface area contributed by atoms with Gasteiger partial charge in [0.25, 0.3) is 0 Å². The lowest BCUT2D eigenvalue weighted by Crippen LogP contribution is -2.48. The molecule has 2 unspecified atom stereocenters. The Balaban J connectivity index is 1.76. The van der Waals surface area contributed by atoms with Crippen LogP contribution in [0.1, 0.15) is 19.8 Å². The van der Waals surface area contributed by atoms with Gasteiger partial charge in [0.1, 0.15) is 17.6 Å². The summed E-state index contributed by atoms with van der Waals surface area (Å²) < 4.78 is 10.8. The molecule has 0 bridgehead atoms. The van der Waals surface area contributed by atoms with E-state index in [-0.39, 0.29) is 18.7 Å². The molecule has 2 N–H and O–H groups in total. The number of rotatable bonds is 6. The highest BCUT2D eigenvalue weighted by Gasteiger charge is 2.28. The first-order chi connectivity index (χ1) is 11.5. The van der Waals surface area contributed by atoms with E-state index in [2.05, 4.69) is 5.32 Å². The van der Waals surface area contributed by atoms with E-state index in [0.29, 0.717) is 31.7 Å². The molecule has 2 amide bonds. The van der Waals surface area contributed by atoms with Crippen LogP contribution in [0.15, 0.2) is 24.3 Å². The quantitative estimate of drug-likeness (QED) is 0.829. The van der Waals surface area contributed by atoms with Gasteiger partial charge >= 0.3 is 12.0 Å². The lowest BCUT2D eigenvalue weighted by molar-refractivity contribution is -0.143. The molecule has 7 nitrogen and oxygen atoms in total. The van der Waals surface area contributed by atoms with E-state index in [0.717, 1.165) is 5.75 Å². The first kappa shape index (κ1) is 17.9. The van der Waals surface area contributed by atoms with E-state index >= 15 is 0 Å². The molecule has 2 rings (SSSR count). The van der Waals surface area contributed by atoms with Crippen molar-refractivity contribution >= 4 is 12.0 Å². The number of carboxylic acids is 1. The van der Waals surface area contributed by atoms with Crippen LogP contribution in [0.5, 0.6) is 11.5 Å². The van der Waals surface area contributed by atoms with Gasteiger partial charge in [0.05, 0.1) is 19.6 Å². The van der Waals surface area contributed by atoms with E-state index in [1.165, 1.54) is 0 Å². The minimum Gasteiger partial charge on any atom is -0.497 e. The molecule has 1 heterocycles. The third-order valence-corrected chi connectivity index (χ3v) is 4.00. The number of carboxylic acid groups (broad SMARTS) is 1. The number of carbonyl (C=O) groups excluding carboxylic acids is 1. The number of nitrogens with one attached hydrogen (secondary N) is 1. The topological polar surface area (TPSA) is 88.1 Å². The second-order valence-electron chi connectivity index (χ2n) is 5.91. The minimum absolute atomic E-state index is 0.206.